The van der Waals surface area contributed by atoms with Crippen LogP contribution in [0.15, 0.2) is 127 Å². The molecule has 1 aliphatic carbocycles. The Kier molecular flexibility index (Phi) is 7.43. The van der Waals surface area contributed by atoms with E-state index in [0.717, 1.165) is 18.9 Å². The number of anilines is 1. The highest BCUT2D eigenvalue weighted by Crippen LogP contribution is 2.50. The van der Waals surface area contributed by atoms with Gasteiger partial charge in [0.05, 0.1) is 5.41 Å². The van der Waals surface area contributed by atoms with Crippen LogP contribution in [0.25, 0.3) is 21.5 Å². The number of hydrogen-bond acceptors (Lipinski definition) is 1. The van der Waals surface area contributed by atoms with E-state index in [4.69, 9.17) is 0 Å². The third-order valence-electron chi connectivity index (χ3n) is 11.6. The summed E-state index contributed by atoms with van der Waals surface area (Å²) in [6.45, 7) is 8.39. The van der Waals surface area contributed by atoms with E-state index in [1.54, 1.807) is 0 Å². The zero-order chi connectivity index (χ0) is 32.2. The molecule has 0 amide bonds. The summed E-state index contributed by atoms with van der Waals surface area (Å²) >= 11 is 0. The van der Waals surface area contributed by atoms with Crippen molar-refractivity contribution in [3.05, 3.63) is 144 Å². The third kappa shape index (κ3) is 5.05. The van der Waals surface area contributed by atoms with E-state index >= 15 is 0 Å². The molecule has 47 heavy (non-hydrogen) atoms. The van der Waals surface area contributed by atoms with Crippen LogP contribution in [0.5, 0.6) is 0 Å². The maximum atomic E-state index is 2.66. The van der Waals surface area contributed by atoms with Crippen LogP contribution in [0.4, 0.5) is 11.4 Å². The van der Waals surface area contributed by atoms with E-state index in [1.807, 2.05) is 0 Å². The van der Waals surface area contributed by atoms with Gasteiger partial charge in [-0.3, -0.25) is 0 Å². The highest BCUT2D eigenvalue weighted by Gasteiger charge is 2.46. The van der Waals surface area contributed by atoms with Crippen molar-refractivity contribution < 1.29 is 4.58 Å². The first-order valence-corrected chi connectivity index (χ1v) is 17.7. The van der Waals surface area contributed by atoms with Crippen LogP contribution >= 0.6 is 0 Å². The minimum atomic E-state index is -0.156. The largest absolute Gasteiger partial charge is 0.347 e. The van der Waals surface area contributed by atoms with Crippen LogP contribution in [0, 0.1) is 5.92 Å². The average molecular weight is 616 g/mol. The fraction of sp³-hybridized carbons (Fsp3) is 0.311. The third-order valence-corrected chi connectivity index (χ3v) is 11.6. The minimum Gasteiger partial charge on any atom is -0.347 e. The summed E-state index contributed by atoms with van der Waals surface area (Å²) in [5.74, 6) is 0.856. The standard InChI is InChI=1S/C45H47N2/c1-44(2)41(47(28-27-32-15-8-9-16-32)39-26-25-34-19-12-13-22-37(34)43(39)44)23-14-24-42-45(3,31-33-17-6-5-7-18-33)38-29-35-20-10-11-21-36(35)30-40(38)46(42)4/h5-7,10-14,17-26,29-30,32H,8-9,15-16,27-28,31H2,1-4H3/q+1. The summed E-state index contributed by atoms with van der Waals surface area (Å²) in [6, 6.07) is 38.3. The second-order valence-corrected chi connectivity index (χ2v) is 15.0. The monoisotopic (exact) mass is 615 g/mol. The van der Waals surface area contributed by atoms with Gasteiger partial charge in [0.1, 0.15) is 6.54 Å². The zero-order valence-electron chi connectivity index (χ0n) is 28.5. The van der Waals surface area contributed by atoms with E-state index in [-0.39, 0.29) is 10.8 Å². The molecule has 0 radical (unpaired) electrons. The zero-order valence-corrected chi connectivity index (χ0v) is 28.5. The van der Waals surface area contributed by atoms with Crippen molar-refractivity contribution in [3.8, 4) is 0 Å². The van der Waals surface area contributed by atoms with Gasteiger partial charge in [-0.1, -0.05) is 111 Å². The summed E-state index contributed by atoms with van der Waals surface area (Å²) < 4.78 is 2.66. The lowest BCUT2D eigenvalue weighted by molar-refractivity contribution is -0.439. The molecule has 5 aromatic rings. The van der Waals surface area contributed by atoms with Crippen LogP contribution in [0.3, 0.4) is 0 Å². The van der Waals surface area contributed by atoms with E-state index in [2.05, 4.69) is 159 Å². The summed E-state index contributed by atoms with van der Waals surface area (Å²) in [6.07, 6.45) is 15.0. The molecule has 1 saturated carbocycles. The van der Waals surface area contributed by atoms with Crippen molar-refractivity contribution in [1.29, 1.82) is 0 Å². The summed E-state index contributed by atoms with van der Waals surface area (Å²) in [7, 11) is 2.26. The Morgan fingerprint density at radius 2 is 1.47 bits per heavy atom. The van der Waals surface area contributed by atoms with Gasteiger partial charge in [-0.25, -0.2) is 0 Å². The van der Waals surface area contributed by atoms with E-state index in [9.17, 15) is 0 Å². The minimum absolute atomic E-state index is 0.101. The van der Waals surface area contributed by atoms with Gasteiger partial charge in [-0.2, -0.15) is 4.58 Å². The molecule has 0 saturated heterocycles. The number of likely N-dealkylation sites (N-methyl/N-ethyl adjacent to an activating group) is 1. The molecule has 2 heterocycles. The molecule has 5 aromatic carbocycles. The number of nitrogens with zero attached hydrogens (tertiary/aromatic N) is 2. The molecule has 236 valence electrons. The van der Waals surface area contributed by atoms with Crippen molar-refractivity contribution in [3.63, 3.8) is 0 Å². The highest BCUT2D eigenvalue weighted by atomic mass is 15.2. The molecule has 0 spiro atoms. The van der Waals surface area contributed by atoms with E-state index in [1.165, 1.54) is 93.1 Å². The van der Waals surface area contributed by atoms with Crippen molar-refractivity contribution >= 4 is 38.6 Å². The van der Waals surface area contributed by atoms with Crippen LogP contribution in [-0.2, 0) is 17.3 Å². The number of allylic oxidation sites excluding steroid dienone is 4. The van der Waals surface area contributed by atoms with Gasteiger partial charge < -0.3 is 4.90 Å². The van der Waals surface area contributed by atoms with Gasteiger partial charge in [0.15, 0.2) is 5.71 Å². The Morgan fingerprint density at radius 1 is 0.787 bits per heavy atom. The summed E-state index contributed by atoms with van der Waals surface area (Å²) in [5.41, 5.74) is 9.46. The molecule has 8 rings (SSSR count). The van der Waals surface area contributed by atoms with Crippen molar-refractivity contribution in [2.24, 2.45) is 5.92 Å². The molecule has 0 bridgehead atoms. The molecular formula is C45H47N2+. The van der Waals surface area contributed by atoms with Gasteiger partial charge in [-0.05, 0) is 90.1 Å². The van der Waals surface area contributed by atoms with Crippen LogP contribution in [-0.4, -0.2) is 23.9 Å². The van der Waals surface area contributed by atoms with Gasteiger partial charge in [0.25, 0.3) is 0 Å². The summed E-state index contributed by atoms with van der Waals surface area (Å²) in [5, 5.41) is 5.32. The fourth-order valence-electron chi connectivity index (χ4n) is 9.19. The normalized spacial score (nSPS) is 21.5. The molecule has 1 unspecified atom stereocenters. The van der Waals surface area contributed by atoms with Crippen LogP contribution in [0.2, 0.25) is 0 Å². The highest BCUT2D eigenvalue weighted by molar-refractivity contribution is 6.07. The Labute approximate surface area is 280 Å². The lowest BCUT2D eigenvalue weighted by atomic mass is 9.75. The first-order chi connectivity index (χ1) is 22.8. The average Bonchev–Trinajstić information content (AvgIpc) is 3.74. The maximum Gasteiger partial charge on any atom is 0.210 e. The topological polar surface area (TPSA) is 6.25 Å². The molecule has 0 aromatic heterocycles. The molecule has 1 fully saturated rings. The molecule has 0 N–H and O–H groups in total. The van der Waals surface area contributed by atoms with Gasteiger partial charge in [0.2, 0.25) is 5.69 Å². The van der Waals surface area contributed by atoms with Gasteiger partial charge >= 0.3 is 0 Å². The Bertz CT molecular complexity index is 2070. The number of hydrogen-bond donors (Lipinski definition) is 0. The predicted molar refractivity (Wildman–Crippen MR) is 200 cm³/mol. The fourth-order valence-corrected chi connectivity index (χ4v) is 9.19. The van der Waals surface area contributed by atoms with Crippen LogP contribution in [0.1, 0.15) is 69.6 Å². The molecule has 3 aliphatic rings. The van der Waals surface area contributed by atoms with Crippen molar-refractivity contribution in [2.75, 3.05) is 18.5 Å². The number of rotatable bonds is 7. The quantitative estimate of drug-likeness (QED) is 0.165. The second-order valence-electron chi connectivity index (χ2n) is 15.0. The van der Waals surface area contributed by atoms with E-state index < -0.39 is 0 Å². The Balaban J connectivity index is 1.23. The van der Waals surface area contributed by atoms with E-state index in [0.29, 0.717) is 0 Å². The number of fused-ring (bicyclic) bond motifs is 5. The molecule has 2 nitrogen and oxygen atoms in total. The molecular weight excluding hydrogens is 569 g/mol. The van der Waals surface area contributed by atoms with Gasteiger partial charge in [0, 0.05) is 48.0 Å². The number of benzene rings is 5. The lowest BCUT2D eigenvalue weighted by Crippen LogP contribution is -2.29. The SMILES string of the molecule is CN1/C(=C/C=C/C2=[N+](CCC3CCCC3)c3ccc4ccccc4c3C2(C)C)C(C)(Cc2ccccc2)c2cc3ccccc3cc21. The molecule has 1 atom stereocenters. The smallest absolute Gasteiger partial charge is 0.210 e. The Morgan fingerprint density at radius 3 is 2.23 bits per heavy atom. The molecule has 2 heteroatoms. The summed E-state index contributed by atoms with van der Waals surface area (Å²) in [4.78, 5) is 2.44. The first kappa shape index (κ1) is 29.9. The van der Waals surface area contributed by atoms with Crippen molar-refractivity contribution in [1.82, 2.24) is 0 Å². The second kappa shape index (κ2) is 11.7. The maximum absolute atomic E-state index is 2.66. The predicted octanol–water partition coefficient (Wildman–Crippen LogP) is 11.0. The first-order valence-electron chi connectivity index (χ1n) is 17.7. The molecule has 2 aliphatic heterocycles. The lowest BCUT2D eigenvalue weighted by Gasteiger charge is -2.29. The van der Waals surface area contributed by atoms with Crippen molar-refractivity contribution in [2.45, 2.75) is 70.1 Å². The van der Waals surface area contributed by atoms with Gasteiger partial charge in [-0.15, -0.1) is 0 Å². The Hall–Kier alpha value is -4.43. The van der Waals surface area contributed by atoms with Crippen LogP contribution < -0.4 is 4.90 Å².